The lowest BCUT2D eigenvalue weighted by molar-refractivity contribution is -0.258. The first-order valence-corrected chi connectivity index (χ1v) is 3.89. The topological polar surface area (TPSA) is 35.5 Å². The molecule has 0 bridgehead atoms. The zero-order valence-corrected chi connectivity index (χ0v) is 7.22. The van der Waals surface area contributed by atoms with Crippen LogP contribution in [-0.4, -0.2) is 24.3 Å². The molecule has 0 amide bonds. The third kappa shape index (κ3) is 2.01. The van der Waals surface area contributed by atoms with E-state index in [-0.39, 0.29) is 18.5 Å². The molecule has 0 aromatic rings. The van der Waals surface area contributed by atoms with Gasteiger partial charge < -0.3 is 9.47 Å². The molecule has 0 spiro atoms. The van der Waals surface area contributed by atoms with Crippen molar-refractivity contribution < 1.29 is 14.3 Å². The Hall–Kier alpha value is -0.410. The van der Waals surface area contributed by atoms with E-state index >= 15 is 0 Å². The second kappa shape index (κ2) is 2.91. The highest BCUT2D eigenvalue weighted by atomic mass is 16.7. The third-order valence-electron chi connectivity index (χ3n) is 1.72. The third-order valence-corrected chi connectivity index (χ3v) is 1.72. The zero-order chi connectivity index (χ0) is 8.48. The maximum atomic E-state index is 11.1. The molecular formula is C8H14O3. The number of rotatable bonds is 1. The molecule has 1 heterocycles. The van der Waals surface area contributed by atoms with Crippen LogP contribution in [0.1, 0.15) is 27.2 Å². The Bertz CT molecular complexity index is 163. The minimum absolute atomic E-state index is 0.0480. The lowest BCUT2D eigenvalue weighted by Crippen LogP contribution is -2.45. The second-order valence-corrected chi connectivity index (χ2v) is 3.17. The quantitative estimate of drug-likeness (QED) is 0.573. The average molecular weight is 158 g/mol. The Morgan fingerprint density at radius 1 is 1.64 bits per heavy atom. The van der Waals surface area contributed by atoms with Gasteiger partial charge in [0.1, 0.15) is 12.7 Å². The van der Waals surface area contributed by atoms with Crippen LogP contribution in [0.2, 0.25) is 0 Å². The number of hydrogen-bond acceptors (Lipinski definition) is 3. The SMILES string of the molecule is CCC1OC(C)(C)OCC1=O. The molecule has 0 N–H and O–H groups in total. The van der Waals surface area contributed by atoms with E-state index in [1.807, 2.05) is 20.8 Å². The molecule has 1 atom stereocenters. The van der Waals surface area contributed by atoms with Crippen molar-refractivity contribution in [3.8, 4) is 0 Å². The summed E-state index contributed by atoms with van der Waals surface area (Å²) in [7, 11) is 0. The van der Waals surface area contributed by atoms with Crippen molar-refractivity contribution in [3.05, 3.63) is 0 Å². The Balaban J connectivity index is 2.58. The molecule has 0 aromatic heterocycles. The summed E-state index contributed by atoms with van der Waals surface area (Å²) in [4.78, 5) is 11.1. The smallest absolute Gasteiger partial charge is 0.187 e. The van der Waals surface area contributed by atoms with Gasteiger partial charge in [0.25, 0.3) is 0 Å². The Labute approximate surface area is 66.7 Å². The summed E-state index contributed by atoms with van der Waals surface area (Å²) >= 11 is 0. The zero-order valence-electron chi connectivity index (χ0n) is 7.22. The van der Waals surface area contributed by atoms with Gasteiger partial charge in [-0.25, -0.2) is 0 Å². The van der Waals surface area contributed by atoms with Gasteiger partial charge in [-0.15, -0.1) is 0 Å². The molecule has 1 aliphatic rings. The van der Waals surface area contributed by atoms with Crippen molar-refractivity contribution in [2.75, 3.05) is 6.61 Å². The van der Waals surface area contributed by atoms with E-state index in [9.17, 15) is 4.79 Å². The van der Waals surface area contributed by atoms with E-state index in [2.05, 4.69) is 0 Å². The van der Waals surface area contributed by atoms with E-state index in [0.717, 1.165) is 6.42 Å². The van der Waals surface area contributed by atoms with Gasteiger partial charge in [0.2, 0.25) is 0 Å². The summed E-state index contributed by atoms with van der Waals surface area (Å²) < 4.78 is 10.5. The lowest BCUT2D eigenvalue weighted by Gasteiger charge is -2.34. The van der Waals surface area contributed by atoms with Gasteiger partial charge in [0.05, 0.1) is 0 Å². The van der Waals surface area contributed by atoms with Crippen molar-refractivity contribution in [2.45, 2.75) is 39.1 Å². The highest BCUT2D eigenvalue weighted by Crippen LogP contribution is 2.21. The van der Waals surface area contributed by atoms with Crippen LogP contribution in [-0.2, 0) is 14.3 Å². The van der Waals surface area contributed by atoms with Gasteiger partial charge >= 0.3 is 0 Å². The molecular weight excluding hydrogens is 144 g/mol. The van der Waals surface area contributed by atoms with Crippen molar-refractivity contribution in [2.24, 2.45) is 0 Å². The van der Waals surface area contributed by atoms with Crippen LogP contribution < -0.4 is 0 Å². The molecule has 1 saturated heterocycles. The maximum absolute atomic E-state index is 11.1. The number of hydrogen-bond donors (Lipinski definition) is 0. The fourth-order valence-corrected chi connectivity index (χ4v) is 1.09. The minimum Gasteiger partial charge on any atom is -0.343 e. The van der Waals surface area contributed by atoms with E-state index < -0.39 is 5.79 Å². The Kier molecular flexibility index (Phi) is 2.30. The number of ketones is 1. The summed E-state index contributed by atoms with van der Waals surface area (Å²) in [5.74, 6) is -0.541. The maximum Gasteiger partial charge on any atom is 0.187 e. The molecule has 11 heavy (non-hydrogen) atoms. The first-order valence-electron chi connectivity index (χ1n) is 3.89. The predicted molar refractivity (Wildman–Crippen MR) is 40.2 cm³/mol. The summed E-state index contributed by atoms with van der Waals surface area (Å²) in [6.45, 7) is 5.76. The predicted octanol–water partition coefficient (Wildman–Crippen LogP) is 1.12. The van der Waals surface area contributed by atoms with Gasteiger partial charge in [-0.1, -0.05) is 6.92 Å². The Morgan fingerprint density at radius 3 is 2.73 bits per heavy atom. The van der Waals surface area contributed by atoms with E-state index in [1.54, 1.807) is 0 Å². The standard InChI is InChI=1S/C8H14O3/c1-4-7-6(9)5-10-8(2,3)11-7/h7H,4-5H2,1-3H3. The highest BCUT2D eigenvalue weighted by Gasteiger charge is 2.33. The van der Waals surface area contributed by atoms with Crippen LogP contribution >= 0.6 is 0 Å². The first kappa shape index (κ1) is 8.68. The molecule has 64 valence electrons. The lowest BCUT2D eigenvalue weighted by atomic mass is 10.1. The van der Waals surface area contributed by atoms with Gasteiger partial charge in [-0.3, -0.25) is 4.79 Å². The van der Waals surface area contributed by atoms with Crippen molar-refractivity contribution in [1.82, 2.24) is 0 Å². The molecule has 3 nitrogen and oxygen atoms in total. The van der Waals surface area contributed by atoms with Crippen LogP contribution in [0.25, 0.3) is 0 Å². The number of carbonyl (C=O) groups excluding carboxylic acids is 1. The highest BCUT2D eigenvalue weighted by molar-refractivity contribution is 5.84. The molecule has 1 aliphatic heterocycles. The number of carbonyl (C=O) groups is 1. The van der Waals surface area contributed by atoms with Crippen LogP contribution in [0.3, 0.4) is 0 Å². The van der Waals surface area contributed by atoms with E-state index in [0.29, 0.717) is 0 Å². The molecule has 1 unspecified atom stereocenters. The van der Waals surface area contributed by atoms with E-state index in [1.165, 1.54) is 0 Å². The van der Waals surface area contributed by atoms with Gasteiger partial charge in [0.15, 0.2) is 11.6 Å². The molecule has 0 aliphatic carbocycles. The largest absolute Gasteiger partial charge is 0.343 e. The van der Waals surface area contributed by atoms with Gasteiger partial charge in [0, 0.05) is 0 Å². The molecule has 1 rings (SSSR count). The van der Waals surface area contributed by atoms with Crippen LogP contribution in [0.5, 0.6) is 0 Å². The van der Waals surface area contributed by atoms with Gasteiger partial charge in [-0.05, 0) is 20.3 Å². The van der Waals surface area contributed by atoms with Crippen LogP contribution in [0.15, 0.2) is 0 Å². The molecule has 0 aromatic carbocycles. The summed E-state index contributed by atoms with van der Waals surface area (Å²) in [6.07, 6.45) is 0.463. The van der Waals surface area contributed by atoms with E-state index in [4.69, 9.17) is 9.47 Å². The minimum atomic E-state index is -0.589. The van der Waals surface area contributed by atoms with Crippen LogP contribution in [0.4, 0.5) is 0 Å². The van der Waals surface area contributed by atoms with Crippen molar-refractivity contribution in [1.29, 1.82) is 0 Å². The normalized spacial score (nSPS) is 30.5. The fourth-order valence-electron chi connectivity index (χ4n) is 1.09. The molecule has 0 radical (unpaired) electrons. The summed E-state index contributed by atoms with van der Waals surface area (Å²) in [5.41, 5.74) is 0. The van der Waals surface area contributed by atoms with Crippen LogP contribution in [0, 0.1) is 0 Å². The monoisotopic (exact) mass is 158 g/mol. The molecule has 3 heteroatoms. The van der Waals surface area contributed by atoms with Gasteiger partial charge in [-0.2, -0.15) is 0 Å². The molecule has 0 saturated carbocycles. The second-order valence-electron chi connectivity index (χ2n) is 3.17. The van der Waals surface area contributed by atoms with Crippen molar-refractivity contribution >= 4 is 5.78 Å². The summed E-state index contributed by atoms with van der Waals surface area (Å²) in [6, 6.07) is 0. The molecule has 1 fully saturated rings. The average Bonchev–Trinajstić information content (AvgIpc) is 1.94. The first-order chi connectivity index (χ1) is 5.05. The van der Waals surface area contributed by atoms with Crippen molar-refractivity contribution in [3.63, 3.8) is 0 Å². The fraction of sp³-hybridized carbons (Fsp3) is 0.875. The summed E-state index contributed by atoms with van der Waals surface area (Å²) in [5, 5.41) is 0. The Morgan fingerprint density at radius 2 is 2.27 bits per heavy atom. The number of ether oxygens (including phenoxy) is 2. The number of Topliss-reactive ketones (excluding diaryl/α,β-unsaturated/α-hetero) is 1.